The Labute approximate surface area is 93.7 Å². The molecule has 1 unspecified atom stereocenters. The van der Waals surface area contributed by atoms with Crippen LogP contribution in [0.1, 0.15) is 5.01 Å². The number of hydrogen-bond acceptors (Lipinski definition) is 4. The van der Waals surface area contributed by atoms with Gasteiger partial charge in [-0.1, -0.05) is 0 Å². The fourth-order valence-corrected chi connectivity index (χ4v) is 2.26. The molecular formula is C9H15ClN2OS. The lowest BCUT2D eigenvalue weighted by molar-refractivity contribution is 0.181. The summed E-state index contributed by atoms with van der Waals surface area (Å²) in [5, 5.41) is 3.15. The van der Waals surface area contributed by atoms with Crippen LogP contribution in [-0.4, -0.2) is 42.6 Å². The second-order valence-electron chi connectivity index (χ2n) is 3.18. The molecule has 0 N–H and O–H groups in total. The zero-order chi connectivity index (χ0) is 10.4. The second kappa shape index (κ2) is 6.35. The van der Waals surface area contributed by atoms with Gasteiger partial charge in [0.25, 0.3) is 0 Å². The molecule has 0 aliphatic heterocycles. The smallest absolute Gasteiger partial charge is 0.107 e. The van der Waals surface area contributed by atoms with Crippen molar-refractivity contribution < 1.29 is 4.74 Å². The zero-order valence-corrected chi connectivity index (χ0v) is 10.0. The van der Waals surface area contributed by atoms with Crippen LogP contribution in [0.3, 0.4) is 0 Å². The highest BCUT2D eigenvalue weighted by molar-refractivity contribution is 7.09. The number of nitrogens with zero attached hydrogens (tertiary/aromatic N) is 2. The van der Waals surface area contributed by atoms with Crippen molar-refractivity contribution in [3.05, 3.63) is 16.6 Å². The van der Waals surface area contributed by atoms with Crippen LogP contribution in [0.4, 0.5) is 0 Å². The minimum Gasteiger partial charge on any atom is -0.383 e. The zero-order valence-electron chi connectivity index (χ0n) is 8.44. The van der Waals surface area contributed by atoms with Gasteiger partial charge in [0.05, 0.1) is 18.5 Å². The van der Waals surface area contributed by atoms with Crippen LogP contribution in [0.15, 0.2) is 11.6 Å². The number of ether oxygens (including phenoxy) is 1. The van der Waals surface area contributed by atoms with Gasteiger partial charge < -0.3 is 4.74 Å². The average molecular weight is 235 g/mol. The molecule has 0 aliphatic carbocycles. The number of methoxy groups -OCH3 is 1. The minimum absolute atomic E-state index is 0.0463. The number of aromatic nitrogens is 1. The fraction of sp³-hybridized carbons (Fsp3) is 0.667. The quantitative estimate of drug-likeness (QED) is 0.703. The molecule has 0 saturated heterocycles. The molecule has 0 saturated carbocycles. The lowest BCUT2D eigenvalue weighted by Gasteiger charge is -2.18. The van der Waals surface area contributed by atoms with E-state index < -0.39 is 0 Å². The summed E-state index contributed by atoms with van der Waals surface area (Å²) < 4.78 is 4.97. The topological polar surface area (TPSA) is 25.4 Å². The molecule has 14 heavy (non-hydrogen) atoms. The van der Waals surface area contributed by atoms with Crippen molar-refractivity contribution in [3.8, 4) is 0 Å². The second-order valence-corrected chi connectivity index (χ2v) is 4.77. The van der Waals surface area contributed by atoms with Gasteiger partial charge in [-0.05, 0) is 7.05 Å². The Morgan fingerprint density at radius 3 is 3.07 bits per heavy atom. The maximum atomic E-state index is 6.03. The Bertz CT molecular complexity index is 243. The van der Waals surface area contributed by atoms with Gasteiger partial charge in [0.1, 0.15) is 5.01 Å². The van der Waals surface area contributed by atoms with Gasteiger partial charge in [0, 0.05) is 25.2 Å². The minimum atomic E-state index is 0.0463. The van der Waals surface area contributed by atoms with Crippen LogP contribution >= 0.6 is 22.9 Å². The van der Waals surface area contributed by atoms with Crippen LogP contribution < -0.4 is 0 Å². The van der Waals surface area contributed by atoms with E-state index >= 15 is 0 Å². The van der Waals surface area contributed by atoms with Gasteiger partial charge in [-0.25, -0.2) is 4.98 Å². The molecule has 0 radical (unpaired) electrons. The van der Waals surface area contributed by atoms with E-state index in [0.717, 1.165) is 18.1 Å². The molecule has 0 aromatic carbocycles. The first-order valence-electron chi connectivity index (χ1n) is 4.42. The molecule has 0 amide bonds. The summed E-state index contributed by atoms with van der Waals surface area (Å²) in [6.07, 6.45) is 1.82. The van der Waals surface area contributed by atoms with Crippen molar-refractivity contribution in [2.45, 2.75) is 11.9 Å². The first kappa shape index (κ1) is 11.9. The molecule has 3 nitrogen and oxygen atoms in total. The van der Waals surface area contributed by atoms with E-state index in [4.69, 9.17) is 16.3 Å². The molecule has 1 aromatic heterocycles. The summed E-state index contributed by atoms with van der Waals surface area (Å²) in [6.45, 7) is 2.25. The van der Waals surface area contributed by atoms with E-state index in [9.17, 15) is 0 Å². The summed E-state index contributed by atoms with van der Waals surface area (Å²) in [4.78, 5) is 6.36. The Balaban J connectivity index is 2.25. The molecule has 80 valence electrons. The van der Waals surface area contributed by atoms with Crippen LogP contribution in [0.25, 0.3) is 0 Å². The molecule has 0 spiro atoms. The summed E-state index contributed by atoms with van der Waals surface area (Å²) in [5.74, 6) is 0. The number of rotatable bonds is 6. The SMILES string of the molecule is COCC(Cl)CN(C)Cc1nccs1. The molecule has 0 fully saturated rings. The van der Waals surface area contributed by atoms with Crippen molar-refractivity contribution in [1.29, 1.82) is 0 Å². The molecule has 1 rings (SSSR count). The normalized spacial score (nSPS) is 13.4. The van der Waals surface area contributed by atoms with E-state index in [1.807, 2.05) is 18.6 Å². The maximum absolute atomic E-state index is 6.03. The van der Waals surface area contributed by atoms with Gasteiger partial charge in [-0.3, -0.25) is 4.90 Å². The highest BCUT2D eigenvalue weighted by Crippen LogP contribution is 2.08. The lowest BCUT2D eigenvalue weighted by Crippen LogP contribution is -2.28. The molecule has 1 heterocycles. The first-order valence-corrected chi connectivity index (χ1v) is 5.74. The van der Waals surface area contributed by atoms with Gasteiger partial charge in [-0.2, -0.15) is 0 Å². The molecule has 1 atom stereocenters. The number of hydrogen-bond donors (Lipinski definition) is 0. The average Bonchev–Trinajstić information content (AvgIpc) is 2.56. The van der Waals surface area contributed by atoms with E-state index in [0.29, 0.717) is 6.61 Å². The lowest BCUT2D eigenvalue weighted by atomic mass is 10.4. The summed E-state index contributed by atoms with van der Waals surface area (Å²) in [7, 11) is 3.70. The van der Waals surface area contributed by atoms with E-state index in [1.165, 1.54) is 0 Å². The summed E-state index contributed by atoms with van der Waals surface area (Å²) >= 11 is 7.70. The van der Waals surface area contributed by atoms with Crippen LogP contribution in [0.5, 0.6) is 0 Å². The van der Waals surface area contributed by atoms with Gasteiger partial charge in [-0.15, -0.1) is 22.9 Å². The van der Waals surface area contributed by atoms with Crippen molar-refractivity contribution >= 4 is 22.9 Å². The third-order valence-electron chi connectivity index (χ3n) is 1.75. The summed E-state index contributed by atoms with van der Waals surface area (Å²) in [5.41, 5.74) is 0. The van der Waals surface area contributed by atoms with Crippen molar-refractivity contribution in [1.82, 2.24) is 9.88 Å². The largest absolute Gasteiger partial charge is 0.383 e. The molecule has 0 aliphatic rings. The molecule has 0 bridgehead atoms. The van der Waals surface area contributed by atoms with Gasteiger partial charge in [0.2, 0.25) is 0 Å². The number of alkyl halides is 1. The highest BCUT2D eigenvalue weighted by atomic mass is 35.5. The standard InChI is InChI=1S/C9H15ClN2OS/c1-12(5-8(10)7-13-2)6-9-11-3-4-14-9/h3-4,8H,5-7H2,1-2H3. The van der Waals surface area contributed by atoms with E-state index in [-0.39, 0.29) is 5.38 Å². The third-order valence-corrected chi connectivity index (χ3v) is 2.77. The summed E-state index contributed by atoms with van der Waals surface area (Å²) in [6, 6.07) is 0. The maximum Gasteiger partial charge on any atom is 0.107 e. The van der Waals surface area contributed by atoms with Crippen molar-refractivity contribution in [2.75, 3.05) is 27.3 Å². The predicted octanol–water partition coefficient (Wildman–Crippen LogP) is 1.83. The Kier molecular flexibility index (Phi) is 5.40. The van der Waals surface area contributed by atoms with Crippen molar-refractivity contribution in [3.63, 3.8) is 0 Å². The first-order chi connectivity index (χ1) is 6.72. The third kappa shape index (κ3) is 4.37. The fourth-order valence-electron chi connectivity index (χ4n) is 1.20. The van der Waals surface area contributed by atoms with Crippen LogP contribution in [0, 0.1) is 0 Å². The molecule has 5 heteroatoms. The van der Waals surface area contributed by atoms with Crippen LogP contribution in [0.2, 0.25) is 0 Å². The van der Waals surface area contributed by atoms with E-state index in [2.05, 4.69) is 9.88 Å². The van der Waals surface area contributed by atoms with Crippen LogP contribution in [-0.2, 0) is 11.3 Å². The predicted molar refractivity (Wildman–Crippen MR) is 60.0 cm³/mol. The number of thiazole rings is 1. The van der Waals surface area contributed by atoms with Gasteiger partial charge >= 0.3 is 0 Å². The van der Waals surface area contributed by atoms with Crippen molar-refractivity contribution in [2.24, 2.45) is 0 Å². The highest BCUT2D eigenvalue weighted by Gasteiger charge is 2.09. The van der Waals surface area contributed by atoms with E-state index in [1.54, 1.807) is 18.4 Å². The number of halogens is 1. The Morgan fingerprint density at radius 1 is 1.71 bits per heavy atom. The Morgan fingerprint density at radius 2 is 2.50 bits per heavy atom. The van der Waals surface area contributed by atoms with Gasteiger partial charge in [0.15, 0.2) is 0 Å². The molecular weight excluding hydrogens is 220 g/mol. The molecule has 1 aromatic rings. The Hall–Kier alpha value is -0.160. The monoisotopic (exact) mass is 234 g/mol.